The molecule has 27 heavy (non-hydrogen) atoms. The van der Waals surface area contributed by atoms with Gasteiger partial charge in [0.15, 0.2) is 6.10 Å². The summed E-state index contributed by atoms with van der Waals surface area (Å²) in [5.41, 5.74) is 6.46. The lowest BCUT2D eigenvalue weighted by Gasteiger charge is -2.29. The Bertz CT molecular complexity index is 873. The van der Waals surface area contributed by atoms with E-state index in [9.17, 15) is 13.6 Å². The highest BCUT2D eigenvalue weighted by Crippen LogP contribution is 2.35. The number of carbonyl (C=O) groups excluding carboxylic acids is 1. The summed E-state index contributed by atoms with van der Waals surface area (Å²) in [5, 5.41) is 6.85. The summed E-state index contributed by atoms with van der Waals surface area (Å²) in [4.78, 5) is 22.8. The number of nitrogens with two attached hydrogens (primary N) is 1. The molecule has 0 spiro atoms. The van der Waals surface area contributed by atoms with Crippen LogP contribution in [0.3, 0.4) is 0 Å². The molecule has 1 unspecified atom stereocenters. The van der Waals surface area contributed by atoms with E-state index in [2.05, 4.69) is 10.1 Å². The zero-order chi connectivity index (χ0) is 19.0. The number of oxime groups is 1. The minimum Gasteiger partial charge on any atom is -0.387 e. The Morgan fingerprint density at radius 3 is 2.63 bits per heavy atom. The van der Waals surface area contributed by atoms with Gasteiger partial charge in [-0.3, -0.25) is 0 Å². The van der Waals surface area contributed by atoms with Gasteiger partial charge in [-0.1, -0.05) is 11.2 Å². The zero-order valence-electron chi connectivity index (χ0n) is 14.4. The third-order valence-corrected chi connectivity index (χ3v) is 5.97. The van der Waals surface area contributed by atoms with Gasteiger partial charge in [0.05, 0.1) is 16.3 Å². The van der Waals surface area contributed by atoms with Crippen LogP contribution >= 0.6 is 11.3 Å². The summed E-state index contributed by atoms with van der Waals surface area (Å²) in [6.07, 6.45) is 1.09. The average Bonchev–Trinajstić information content (AvgIpc) is 3.31. The third kappa shape index (κ3) is 3.51. The first-order valence-corrected chi connectivity index (χ1v) is 9.57. The van der Waals surface area contributed by atoms with Crippen LogP contribution in [0, 0.1) is 11.6 Å². The molecule has 1 aromatic heterocycles. The largest absolute Gasteiger partial charge is 0.387 e. The Balaban J connectivity index is 1.43. The lowest BCUT2D eigenvalue weighted by Crippen LogP contribution is -2.41. The number of piperidine rings is 1. The summed E-state index contributed by atoms with van der Waals surface area (Å²) >= 11 is 1.53. The number of thiazole rings is 1. The van der Waals surface area contributed by atoms with E-state index in [-0.39, 0.29) is 17.9 Å². The maximum atomic E-state index is 13.9. The summed E-state index contributed by atoms with van der Waals surface area (Å²) in [7, 11) is 0. The molecule has 142 valence electrons. The van der Waals surface area contributed by atoms with Gasteiger partial charge in [-0.25, -0.2) is 18.6 Å². The second-order valence-corrected chi connectivity index (χ2v) is 7.53. The Labute approximate surface area is 158 Å². The van der Waals surface area contributed by atoms with Gasteiger partial charge in [-0.15, -0.1) is 11.3 Å². The standard InChI is InChI=1S/C18H18F2N4O2S/c19-11-2-1-3-12(20)16(11)15-8-13(23-26-15)14-9-27-17(22-14)10-4-6-24(7-5-10)18(21)25/h1-3,9-10,15H,4-8H2,(H2,21,25). The number of aromatic nitrogens is 1. The minimum atomic E-state index is -0.787. The van der Waals surface area contributed by atoms with E-state index in [4.69, 9.17) is 10.6 Å². The molecule has 1 fully saturated rings. The fourth-order valence-electron chi connectivity index (χ4n) is 3.46. The maximum absolute atomic E-state index is 13.9. The first-order valence-electron chi connectivity index (χ1n) is 8.69. The Kier molecular flexibility index (Phi) is 4.77. The molecule has 0 aliphatic carbocycles. The average molecular weight is 392 g/mol. The smallest absolute Gasteiger partial charge is 0.314 e. The van der Waals surface area contributed by atoms with Gasteiger partial charge in [-0.2, -0.15) is 0 Å². The molecule has 3 heterocycles. The highest BCUT2D eigenvalue weighted by Gasteiger charge is 2.31. The topological polar surface area (TPSA) is 80.8 Å². The number of amides is 2. The first kappa shape index (κ1) is 17.8. The van der Waals surface area contributed by atoms with Crippen LogP contribution in [-0.2, 0) is 4.84 Å². The molecule has 1 aromatic carbocycles. The van der Waals surface area contributed by atoms with Crippen molar-refractivity contribution in [3.05, 3.63) is 51.5 Å². The second-order valence-electron chi connectivity index (χ2n) is 6.64. The number of likely N-dealkylation sites (tertiary alicyclic amines) is 1. The number of hydrogen-bond acceptors (Lipinski definition) is 5. The molecule has 2 aliphatic heterocycles. The molecule has 6 nitrogen and oxygen atoms in total. The molecule has 2 amide bonds. The summed E-state index contributed by atoms with van der Waals surface area (Å²) < 4.78 is 27.9. The minimum absolute atomic E-state index is 0.106. The van der Waals surface area contributed by atoms with Gasteiger partial charge in [0.1, 0.15) is 17.3 Å². The van der Waals surface area contributed by atoms with Crippen molar-refractivity contribution in [2.24, 2.45) is 10.9 Å². The maximum Gasteiger partial charge on any atom is 0.314 e. The third-order valence-electron chi connectivity index (χ3n) is 4.96. The molecule has 4 rings (SSSR count). The van der Waals surface area contributed by atoms with Gasteiger partial charge < -0.3 is 15.5 Å². The number of primary amides is 1. The Morgan fingerprint density at radius 2 is 1.96 bits per heavy atom. The number of urea groups is 1. The highest BCUT2D eigenvalue weighted by atomic mass is 32.1. The van der Waals surface area contributed by atoms with Crippen LogP contribution in [0.4, 0.5) is 13.6 Å². The van der Waals surface area contributed by atoms with Crippen molar-refractivity contribution in [3.63, 3.8) is 0 Å². The molecular formula is C18H18F2N4O2S. The molecule has 9 heteroatoms. The number of carbonyl (C=O) groups is 1. The highest BCUT2D eigenvalue weighted by molar-refractivity contribution is 7.10. The predicted molar refractivity (Wildman–Crippen MR) is 96.6 cm³/mol. The van der Waals surface area contributed by atoms with Gasteiger partial charge in [-0.05, 0) is 25.0 Å². The Morgan fingerprint density at radius 1 is 1.26 bits per heavy atom. The van der Waals surface area contributed by atoms with Crippen LogP contribution in [0.25, 0.3) is 0 Å². The van der Waals surface area contributed by atoms with E-state index >= 15 is 0 Å². The van der Waals surface area contributed by atoms with Gasteiger partial charge >= 0.3 is 6.03 Å². The van der Waals surface area contributed by atoms with E-state index in [1.807, 2.05) is 5.38 Å². The van der Waals surface area contributed by atoms with Crippen LogP contribution in [0.1, 0.15) is 47.5 Å². The summed E-state index contributed by atoms with van der Waals surface area (Å²) in [5.74, 6) is -1.02. The lowest BCUT2D eigenvalue weighted by atomic mass is 9.97. The van der Waals surface area contributed by atoms with Crippen LogP contribution in [0.2, 0.25) is 0 Å². The number of rotatable bonds is 3. The zero-order valence-corrected chi connectivity index (χ0v) is 15.2. The predicted octanol–water partition coefficient (Wildman–Crippen LogP) is 3.55. The normalized spacial score (nSPS) is 20.4. The second kappa shape index (κ2) is 7.22. The van der Waals surface area contributed by atoms with E-state index in [1.165, 1.54) is 29.5 Å². The first-order chi connectivity index (χ1) is 13.0. The fraction of sp³-hybridized carbons (Fsp3) is 0.389. The van der Waals surface area contributed by atoms with Crippen LogP contribution in [0.15, 0.2) is 28.7 Å². The van der Waals surface area contributed by atoms with E-state index < -0.39 is 23.8 Å². The van der Waals surface area contributed by atoms with Crippen molar-refractivity contribution in [2.75, 3.05) is 13.1 Å². The van der Waals surface area contributed by atoms with Gasteiger partial charge in [0, 0.05) is 30.8 Å². The van der Waals surface area contributed by atoms with Gasteiger partial charge in [0.25, 0.3) is 0 Å². The number of halogens is 2. The van der Waals surface area contributed by atoms with Crippen LogP contribution < -0.4 is 5.73 Å². The molecule has 1 saturated heterocycles. The van der Waals surface area contributed by atoms with Crippen molar-refractivity contribution in [1.29, 1.82) is 0 Å². The van der Waals surface area contributed by atoms with E-state index in [1.54, 1.807) is 4.90 Å². The Hall–Kier alpha value is -2.55. The van der Waals surface area contributed by atoms with Crippen molar-refractivity contribution in [3.8, 4) is 0 Å². The number of hydrogen-bond donors (Lipinski definition) is 1. The quantitative estimate of drug-likeness (QED) is 0.867. The lowest BCUT2D eigenvalue weighted by molar-refractivity contribution is 0.0800. The molecule has 0 saturated carbocycles. The number of benzene rings is 1. The molecule has 0 radical (unpaired) electrons. The van der Waals surface area contributed by atoms with Crippen molar-refractivity contribution in [2.45, 2.75) is 31.3 Å². The van der Waals surface area contributed by atoms with Crippen LogP contribution in [-0.4, -0.2) is 34.7 Å². The summed E-state index contributed by atoms with van der Waals surface area (Å²) in [6, 6.07) is 3.34. The van der Waals surface area contributed by atoms with Gasteiger partial charge in [0.2, 0.25) is 0 Å². The van der Waals surface area contributed by atoms with E-state index in [0.29, 0.717) is 24.5 Å². The number of nitrogens with zero attached hydrogens (tertiary/aromatic N) is 3. The molecule has 1 atom stereocenters. The van der Waals surface area contributed by atoms with E-state index in [0.717, 1.165) is 17.8 Å². The fourth-order valence-corrected chi connectivity index (χ4v) is 4.46. The molecule has 2 aliphatic rings. The molecule has 0 bridgehead atoms. The van der Waals surface area contributed by atoms with Crippen molar-refractivity contribution in [1.82, 2.24) is 9.88 Å². The molecule has 2 aromatic rings. The van der Waals surface area contributed by atoms with Crippen molar-refractivity contribution >= 4 is 23.1 Å². The monoisotopic (exact) mass is 392 g/mol. The molecular weight excluding hydrogens is 374 g/mol. The van der Waals surface area contributed by atoms with Crippen molar-refractivity contribution < 1.29 is 18.4 Å². The van der Waals surface area contributed by atoms with Crippen LogP contribution in [0.5, 0.6) is 0 Å². The molecule has 2 N–H and O–H groups in total. The summed E-state index contributed by atoms with van der Waals surface area (Å²) in [6.45, 7) is 1.24. The SMILES string of the molecule is NC(=O)N1CCC(c2nc(C3=NOC(c4c(F)cccc4F)C3)cs2)CC1.